The van der Waals surface area contributed by atoms with Crippen molar-refractivity contribution in [1.29, 1.82) is 5.26 Å². The smallest absolute Gasteiger partial charge is 0.417 e. The third-order valence-electron chi connectivity index (χ3n) is 8.33. The number of benzene rings is 2. The van der Waals surface area contributed by atoms with Crippen LogP contribution in [-0.4, -0.2) is 54.5 Å². The molecule has 5 heterocycles. The number of ether oxygens (including phenoxy) is 2. The molecule has 14 heteroatoms. The Bertz CT molecular complexity index is 1790. The lowest BCUT2D eigenvalue weighted by Gasteiger charge is -2.34. The van der Waals surface area contributed by atoms with Gasteiger partial charge in [0.05, 0.1) is 21.9 Å². The van der Waals surface area contributed by atoms with Crippen molar-refractivity contribution in [3.05, 3.63) is 41.0 Å². The molecule has 2 aromatic carbocycles. The van der Waals surface area contributed by atoms with E-state index in [4.69, 9.17) is 15.2 Å². The van der Waals surface area contributed by atoms with E-state index in [1.807, 2.05) is 11.0 Å². The van der Waals surface area contributed by atoms with Gasteiger partial charge in [0.1, 0.15) is 34.8 Å². The number of hydrogen-bond acceptors (Lipinski definition) is 9. The molecule has 4 aromatic rings. The predicted octanol–water partition coefficient (Wildman–Crippen LogP) is 5.76. The first-order valence-corrected chi connectivity index (χ1v) is 14.7. The largest absolute Gasteiger partial charge is 0.461 e. The number of nitrogens with one attached hydrogen (secondary N) is 1. The van der Waals surface area contributed by atoms with Gasteiger partial charge in [-0.3, -0.25) is 0 Å². The van der Waals surface area contributed by atoms with Crippen LogP contribution in [0.3, 0.4) is 0 Å². The van der Waals surface area contributed by atoms with Crippen molar-refractivity contribution in [1.82, 2.24) is 15.3 Å². The third kappa shape index (κ3) is 4.79. The lowest BCUT2D eigenvalue weighted by molar-refractivity contribution is -0.137. The highest BCUT2D eigenvalue weighted by molar-refractivity contribution is 7.23. The van der Waals surface area contributed by atoms with E-state index in [2.05, 4.69) is 15.3 Å². The van der Waals surface area contributed by atoms with Gasteiger partial charge < -0.3 is 25.4 Å². The summed E-state index contributed by atoms with van der Waals surface area (Å²) in [5, 5.41) is 12.8. The average molecular weight is 617 g/mol. The minimum Gasteiger partial charge on any atom is -0.461 e. The Hall–Kier alpha value is -3.80. The molecule has 3 fully saturated rings. The van der Waals surface area contributed by atoms with Crippen LogP contribution in [0, 0.1) is 23.0 Å². The first-order valence-electron chi connectivity index (χ1n) is 13.9. The summed E-state index contributed by atoms with van der Waals surface area (Å²) in [4.78, 5) is 10.6. The number of nitrogens with zero attached hydrogens (tertiary/aromatic N) is 4. The second kappa shape index (κ2) is 10.4. The second-order valence-electron chi connectivity index (χ2n) is 11.1. The standard InChI is InChI=1S/C29H25F5N6O2S/c30-20-6-5-16(21-18(9-35)26(36)43-25(20)21)22-19(29(32,33)34)8-17-24(23(22)31)38-28(42-12-15-2-1-7-41-15)39-27(17)40-10-13-3-4-14(11-40)37-13/h5-6,8,13-15,37H,1-4,7,10-12,36H2. The number of alkyl halides is 3. The normalized spacial score (nSPS) is 22.0. The molecule has 3 aliphatic heterocycles. The summed E-state index contributed by atoms with van der Waals surface area (Å²) in [6.07, 6.45) is -1.78. The highest BCUT2D eigenvalue weighted by Gasteiger charge is 2.40. The number of nitrogens with two attached hydrogens (primary N) is 1. The number of thiophene rings is 1. The van der Waals surface area contributed by atoms with Crippen molar-refractivity contribution in [3.8, 4) is 23.2 Å². The molecule has 0 spiro atoms. The maximum absolute atomic E-state index is 16.7. The summed E-state index contributed by atoms with van der Waals surface area (Å²) in [7, 11) is 0. The van der Waals surface area contributed by atoms with E-state index in [-0.39, 0.29) is 73.7 Å². The number of fused-ring (bicyclic) bond motifs is 4. The van der Waals surface area contributed by atoms with Gasteiger partial charge in [0.25, 0.3) is 0 Å². The molecule has 2 aromatic heterocycles. The van der Waals surface area contributed by atoms with E-state index in [1.54, 1.807) is 0 Å². The van der Waals surface area contributed by atoms with E-state index in [9.17, 15) is 22.8 Å². The zero-order chi connectivity index (χ0) is 30.0. The number of aromatic nitrogens is 2. The summed E-state index contributed by atoms with van der Waals surface area (Å²) in [6.45, 7) is 1.63. The first-order chi connectivity index (χ1) is 20.6. The molecule has 43 heavy (non-hydrogen) atoms. The molecule has 3 N–H and O–H groups in total. The van der Waals surface area contributed by atoms with E-state index in [0.29, 0.717) is 31.0 Å². The highest BCUT2D eigenvalue weighted by Crippen LogP contribution is 2.48. The minimum atomic E-state index is -5.02. The van der Waals surface area contributed by atoms with Crippen molar-refractivity contribution in [2.75, 3.05) is 36.9 Å². The van der Waals surface area contributed by atoms with Gasteiger partial charge >= 0.3 is 12.2 Å². The fraction of sp³-hybridized carbons (Fsp3) is 0.414. The first kappa shape index (κ1) is 28.0. The topological polar surface area (TPSA) is 109 Å². The molecule has 3 aliphatic rings. The Morgan fingerprint density at radius 3 is 2.60 bits per heavy atom. The van der Waals surface area contributed by atoms with Crippen molar-refractivity contribution in [2.45, 2.75) is 50.0 Å². The predicted molar refractivity (Wildman–Crippen MR) is 151 cm³/mol. The van der Waals surface area contributed by atoms with Crippen LogP contribution in [-0.2, 0) is 10.9 Å². The fourth-order valence-corrected chi connectivity index (χ4v) is 7.35. The van der Waals surface area contributed by atoms with Gasteiger partial charge in [0, 0.05) is 48.1 Å². The van der Waals surface area contributed by atoms with Crippen LogP contribution in [0.4, 0.5) is 32.8 Å². The molecular weight excluding hydrogens is 591 g/mol. The van der Waals surface area contributed by atoms with Gasteiger partial charge in [-0.05, 0) is 43.4 Å². The number of anilines is 2. The SMILES string of the molecule is N#Cc1c(N)sc2c(F)ccc(-c3c(C(F)(F)F)cc4c(N5CC6CCC(C5)N6)nc(OCC5CCCO5)nc4c3F)c12. The minimum absolute atomic E-state index is 0.0821. The van der Waals surface area contributed by atoms with Gasteiger partial charge in [0.15, 0.2) is 5.82 Å². The number of rotatable bonds is 5. The molecule has 3 saturated heterocycles. The summed E-state index contributed by atoms with van der Waals surface area (Å²) >= 11 is 0.717. The van der Waals surface area contributed by atoms with Crippen LogP contribution in [0.15, 0.2) is 18.2 Å². The third-order valence-corrected chi connectivity index (χ3v) is 9.36. The lowest BCUT2D eigenvalue weighted by Crippen LogP contribution is -2.51. The van der Waals surface area contributed by atoms with Crippen LogP contribution in [0.5, 0.6) is 6.01 Å². The summed E-state index contributed by atoms with van der Waals surface area (Å²) in [5.41, 5.74) is 2.87. The van der Waals surface area contributed by atoms with Crippen molar-refractivity contribution < 1.29 is 31.4 Å². The van der Waals surface area contributed by atoms with Gasteiger partial charge in [0.2, 0.25) is 0 Å². The van der Waals surface area contributed by atoms with Crippen LogP contribution >= 0.6 is 11.3 Å². The number of nitrogen functional groups attached to an aromatic ring is 1. The zero-order valence-electron chi connectivity index (χ0n) is 22.6. The van der Waals surface area contributed by atoms with Crippen LogP contribution in [0.2, 0.25) is 0 Å². The van der Waals surface area contributed by atoms with Gasteiger partial charge in [-0.1, -0.05) is 6.07 Å². The van der Waals surface area contributed by atoms with Gasteiger partial charge in [-0.2, -0.15) is 28.4 Å². The number of halogens is 5. The number of hydrogen-bond donors (Lipinski definition) is 2. The van der Waals surface area contributed by atoms with Crippen LogP contribution in [0.25, 0.3) is 32.1 Å². The molecule has 3 atom stereocenters. The molecular formula is C29H25F5N6O2S. The Balaban J connectivity index is 1.48. The maximum atomic E-state index is 16.7. The van der Waals surface area contributed by atoms with Crippen LogP contribution in [0.1, 0.15) is 36.8 Å². The van der Waals surface area contributed by atoms with Gasteiger partial charge in [-0.25, -0.2) is 8.78 Å². The number of nitriles is 1. The molecule has 0 aliphatic carbocycles. The Morgan fingerprint density at radius 2 is 1.93 bits per heavy atom. The summed E-state index contributed by atoms with van der Waals surface area (Å²) < 4.78 is 87.1. The van der Waals surface area contributed by atoms with E-state index < -0.39 is 28.9 Å². The zero-order valence-corrected chi connectivity index (χ0v) is 23.4. The van der Waals surface area contributed by atoms with Gasteiger partial charge in [-0.15, -0.1) is 11.3 Å². The second-order valence-corrected chi connectivity index (χ2v) is 12.1. The van der Waals surface area contributed by atoms with E-state index >= 15 is 4.39 Å². The molecule has 0 saturated carbocycles. The molecule has 3 unspecified atom stereocenters. The Labute approximate surface area is 246 Å². The maximum Gasteiger partial charge on any atom is 0.417 e. The summed E-state index contributed by atoms with van der Waals surface area (Å²) in [5.74, 6) is -1.92. The molecule has 8 nitrogen and oxygen atoms in total. The Morgan fingerprint density at radius 1 is 1.16 bits per heavy atom. The number of piperazine rings is 1. The van der Waals surface area contributed by atoms with Crippen LogP contribution < -0.4 is 20.7 Å². The highest BCUT2D eigenvalue weighted by atomic mass is 32.1. The molecule has 0 amide bonds. The van der Waals surface area contributed by atoms with Crippen molar-refractivity contribution in [3.63, 3.8) is 0 Å². The Kier molecular flexibility index (Phi) is 6.79. The van der Waals surface area contributed by atoms with E-state index in [1.165, 1.54) is 0 Å². The summed E-state index contributed by atoms with van der Waals surface area (Å²) in [6, 6.07) is 4.70. The van der Waals surface area contributed by atoms with E-state index in [0.717, 1.165) is 43.9 Å². The molecule has 7 rings (SSSR count). The van der Waals surface area contributed by atoms with Crippen molar-refractivity contribution in [2.24, 2.45) is 0 Å². The molecule has 2 bridgehead atoms. The van der Waals surface area contributed by atoms with Crippen molar-refractivity contribution >= 4 is 43.1 Å². The average Bonchev–Trinajstić information content (AvgIpc) is 3.70. The molecule has 0 radical (unpaired) electrons. The lowest BCUT2D eigenvalue weighted by atomic mass is 9.92. The fourth-order valence-electron chi connectivity index (χ4n) is 6.41. The monoisotopic (exact) mass is 616 g/mol. The molecule has 224 valence electrons. The quantitative estimate of drug-likeness (QED) is 0.273.